The van der Waals surface area contributed by atoms with E-state index in [2.05, 4.69) is 10.5 Å². The summed E-state index contributed by atoms with van der Waals surface area (Å²) in [5.74, 6) is -0.937. The number of hydrazone groups is 1. The zero-order chi connectivity index (χ0) is 14.7. The minimum atomic E-state index is -0.592. The molecule has 0 aliphatic heterocycles. The molecule has 1 heterocycles. The lowest BCUT2D eigenvalue weighted by Gasteiger charge is -2.07. The lowest BCUT2D eigenvalue weighted by atomic mass is 10.1. The predicted molar refractivity (Wildman–Crippen MR) is 80.4 cm³/mol. The largest absolute Gasteiger partial charge is 0.281 e. The van der Waals surface area contributed by atoms with E-state index in [9.17, 15) is 9.18 Å². The molecule has 104 valence electrons. The van der Waals surface area contributed by atoms with Gasteiger partial charge in [-0.3, -0.25) is 4.79 Å². The van der Waals surface area contributed by atoms with Gasteiger partial charge in [-0.15, -0.1) is 11.3 Å². The summed E-state index contributed by atoms with van der Waals surface area (Å²) in [5.41, 5.74) is 2.96. The van der Waals surface area contributed by atoms with Crippen LogP contribution in [0.2, 0.25) is 10.0 Å². The molecule has 1 N–H and O–H groups in total. The van der Waals surface area contributed by atoms with E-state index in [1.165, 1.54) is 23.5 Å². The quantitative estimate of drug-likeness (QED) is 0.507. The van der Waals surface area contributed by atoms with Gasteiger partial charge in [-0.25, -0.2) is 9.82 Å². The predicted octanol–water partition coefficient (Wildman–Crippen LogP) is 4.35. The number of rotatable bonds is 3. The molecule has 0 unspecified atom stereocenters. The molecule has 7 heteroatoms. The minimum Gasteiger partial charge on any atom is -0.266 e. The fourth-order valence-corrected chi connectivity index (χ4v) is 2.77. The third-order valence-corrected chi connectivity index (χ3v) is 4.03. The van der Waals surface area contributed by atoms with Gasteiger partial charge in [-0.2, -0.15) is 5.10 Å². The zero-order valence-electron chi connectivity index (χ0n) is 10.3. The minimum absolute atomic E-state index is 0.121. The standard InChI is InChI=1S/C13H9Cl2FN2OS/c1-7(11-8(14)4-5-9(16)12(11)15)17-18-13(19)10-3-2-6-20-10/h2-6H,1H3,(H,18,19)/b17-7-. The Balaban J connectivity index is 2.23. The number of carbonyl (C=O) groups excluding carboxylic acids is 1. The summed E-state index contributed by atoms with van der Waals surface area (Å²) < 4.78 is 13.4. The summed E-state index contributed by atoms with van der Waals surface area (Å²) in [6, 6.07) is 5.99. The summed E-state index contributed by atoms with van der Waals surface area (Å²) in [6.07, 6.45) is 0. The second-order valence-electron chi connectivity index (χ2n) is 3.83. The Bertz CT molecular complexity index is 671. The number of hydrogen-bond acceptors (Lipinski definition) is 3. The third-order valence-electron chi connectivity index (χ3n) is 2.48. The molecule has 3 nitrogen and oxygen atoms in total. The summed E-state index contributed by atoms with van der Waals surface area (Å²) >= 11 is 13.1. The number of carbonyl (C=O) groups is 1. The number of nitrogens with one attached hydrogen (secondary N) is 1. The molecule has 2 rings (SSSR count). The second kappa shape index (κ2) is 6.35. The first-order valence-corrected chi connectivity index (χ1v) is 7.16. The van der Waals surface area contributed by atoms with Crippen molar-refractivity contribution < 1.29 is 9.18 Å². The van der Waals surface area contributed by atoms with E-state index in [0.29, 0.717) is 10.6 Å². The molecule has 0 radical (unpaired) electrons. The number of halogens is 3. The first-order valence-electron chi connectivity index (χ1n) is 5.52. The molecule has 0 saturated carbocycles. The van der Waals surface area contributed by atoms with E-state index < -0.39 is 5.82 Å². The molecule has 0 aliphatic rings. The molecular formula is C13H9Cl2FN2OS. The maximum Gasteiger partial charge on any atom is 0.281 e. The van der Waals surface area contributed by atoms with Crippen molar-refractivity contribution in [2.75, 3.05) is 0 Å². The molecule has 0 atom stereocenters. The maximum atomic E-state index is 13.4. The molecular weight excluding hydrogens is 322 g/mol. The van der Waals surface area contributed by atoms with Crippen LogP contribution in [0.5, 0.6) is 0 Å². The molecule has 20 heavy (non-hydrogen) atoms. The van der Waals surface area contributed by atoms with Crippen molar-refractivity contribution >= 4 is 46.2 Å². The van der Waals surface area contributed by atoms with Crippen LogP contribution in [0, 0.1) is 5.82 Å². The van der Waals surface area contributed by atoms with Gasteiger partial charge in [0, 0.05) is 5.56 Å². The van der Waals surface area contributed by atoms with Crippen molar-refractivity contribution in [3.05, 3.63) is 55.9 Å². The first-order chi connectivity index (χ1) is 9.50. The van der Waals surface area contributed by atoms with Gasteiger partial charge in [0.1, 0.15) is 5.82 Å². The fraction of sp³-hybridized carbons (Fsp3) is 0.0769. The average molecular weight is 331 g/mol. The lowest BCUT2D eigenvalue weighted by molar-refractivity contribution is 0.0959. The van der Waals surface area contributed by atoms with E-state index in [0.717, 1.165) is 0 Å². The monoisotopic (exact) mass is 330 g/mol. The summed E-state index contributed by atoms with van der Waals surface area (Å²) in [7, 11) is 0. The Hall–Kier alpha value is -1.43. The Kier molecular flexibility index (Phi) is 4.75. The maximum absolute atomic E-state index is 13.4. The Labute approximate surface area is 129 Å². The van der Waals surface area contributed by atoms with Crippen LogP contribution in [0.25, 0.3) is 0 Å². The highest BCUT2D eigenvalue weighted by Gasteiger charge is 2.14. The van der Waals surface area contributed by atoms with E-state index >= 15 is 0 Å². The van der Waals surface area contributed by atoms with Crippen molar-refractivity contribution in [2.24, 2.45) is 5.10 Å². The van der Waals surface area contributed by atoms with Crippen LogP contribution >= 0.6 is 34.5 Å². The Morgan fingerprint density at radius 3 is 2.75 bits per heavy atom. The van der Waals surface area contributed by atoms with Gasteiger partial charge in [0.15, 0.2) is 0 Å². The first kappa shape index (κ1) is 15.0. The SMILES string of the molecule is C/C(=N/NC(=O)c1cccs1)c1c(Cl)ccc(F)c1Cl. The van der Waals surface area contributed by atoms with Crippen LogP contribution in [0.15, 0.2) is 34.7 Å². The van der Waals surface area contributed by atoms with E-state index in [1.807, 2.05) is 0 Å². The van der Waals surface area contributed by atoms with E-state index in [4.69, 9.17) is 23.2 Å². The highest BCUT2D eigenvalue weighted by atomic mass is 35.5. The molecule has 1 aromatic carbocycles. The molecule has 0 aliphatic carbocycles. The summed E-state index contributed by atoms with van der Waals surface area (Å²) in [4.78, 5) is 12.3. The van der Waals surface area contributed by atoms with Crippen molar-refractivity contribution in [3.8, 4) is 0 Å². The van der Waals surface area contributed by atoms with Crippen molar-refractivity contribution in [1.82, 2.24) is 5.43 Å². The van der Waals surface area contributed by atoms with Gasteiger partial charge in [0.2, 0.25) is 0 Å². The topological polar surface area (TPSA) is 41.5 Å². The van der Waals surface area contributed by atoms with Gasteiger partial charge < -0.3 is 0 Å². The number of thiophene rings is 1. The van der Waals surface area contributed by atoms with E-state index in [-0.39, 0.29) is 21.5 Å². The highest BCUT2D eigenvalue weighted by Crippen LogP contribution is 2.27. The second-order valence-corrected chi connectivity index (χ2v) is 5.57. The van der Waals surface area contributed by atoms with Crippen LogP contribution in [-0.4, -0.2) is 11.6 Å². The number of amides is 1. The van der Waals surface area contributed by atoms with Crippen LogP contribution in [-0.2, 0) is 0 Å². The number of hydrogen-bond donors (Lipinski definition) is 1. The normalized spacial score (nSPS) is 11.5. The van der Waals surface area contributed by atoms with Crippen molar-refractivity contribution in [1.29, 1.82) is 0 Å². The number of nitrogens with zero attached hydrogens (tertiary/aromatic N) is 1. The van der Waals surface area contributed by atoms with Gasteiger partial charge in [-0.1, -0.05) is 29.3 Å². The van der Waals surface area contributed by atoms with Gasteiger partial charge in [0.25, 0.3) is 5.91 Å². The Morgan fingerprint density at radius 2 is 2.10 bits per heavy atom. The van der Waals surface area contributed by atoms with Crippen LogP contribution in [0.4, 0.5) is 4.39 Å². The van der Waals surface area contributed by atoms with Gasteiger partial charge in [-0.05, 0) is 30.5 Å². The zero-order valence-corrected chi connectivity index (χ0v) is 12.6. The van der Waals surface area contributed by atoms with Crippen molar-refractivity contribution in [2.45, 2.75) is 6.92 Å². The third kappa shape index (κ3) is 3.17. The van der Waals surface area contributed by atoms with Crippen LogP contribution in [0.3, 0.4) is 0 Å². The average Bonchev–Trinajstić information content (AvgIpc) is 2.95. The Morgan fingerprint density at radius 1 is 1.35 bits per heavy atom. The molecule has 0 saturated heterocycles. The number of benzene rings is 1. The molecule has 1 aromatic heterocycles. The van der Waals surface area contributed by atoms with Gasteiger partial charge in [0.05, 0.1) is 20.6 Å². The molecule has 2 aromatic rings. The molecule has 0 bridgehead atoms. The highest BCUT2D eigenvalue weighted by molar-refractivity contribution is 7.12. The molecule has 0 spiro atoms. The summed E-state index contributed by atoms with van der Waals surface area (Å²) in [5, 5.41) is 5.83. The molecule has 1 amide bonds. The van der Waals surface area contributed by atoms with Gasteiger partial charge >= 0.3 is 0 Å². The van der Waals surface area contributed by atoms with Crippen LogP contribution < -0.4 is 5.43 Å². The smallest absolute Gasteiger partial charge is 0.266 e. The van der Waals surface area contributed by atoms with E-state index in [1.54, 1.807) is 24.4 Å². The fourth-order valence-electron chi connectivity index (χ4n) is 1.51. The summed E-state index contributed by atoms with van der Waals surface area (Å²) in [6.45, 7) is 1.58. The lowest BCUT2D eigenvalue weighted by Crippen LogP contribution is -2.18. The molecule has 0 fully saturated rings. The van der Waals surface area contributed by atoms with Crippen molar-refractivity contribution in [3.63, 3.8) is 0 Å². The van der Waals surface area contributed by atoms with Crippen LogP contribution in [0.1, 0.15) is 22.2 Å².